The Morgan fingerprint density at radius 3 is 3.12 bits per heavy atom. The largest absolute Gasteiger partial charge is 0.447 e. The van der Waals surface area contributed by atoms with E-state index in [1.807, 2.05) is 6.07 Å². The number of ether oxygens (including phenoxy) is 1. The molecule has 0 saturated carbocycles. The summed E-state index contributed by atoms with van der Waals surface area (Å²) in [5.74, 6) is 0.859. The van der Waals surface area contributed by atoms with Gasteiger partial charge in [-0.3, -0.25) is 4.90 Å². The van der Waals surface area contributed by atoms with Crippen molar-refractivity contribution in [1.29, 1.82) is 0 Å². The highest BCUT2D eigenvalue weighted by molar-refractivity contribution is 5.65. The molecule has 1 atom stereocenters. The van der Waals surface area contributed by atoms with Crippen LogP contribution in [0, 0.1) is 0 Å². The van der Waals surface area contributed by atoms with Crippen LogP contribution in [-0.4, -0.2) is 50.3 Å². The summed E-state index contributed by atoms with van der Waals surface area (Å²) in [5.41, 5.74) is 1.07. The van der Waals surface area contributed by atoms with Crippen molar-refractivity contribution < 1.29 is 9.15 Å². The van der Waals surface area contributed by atoms with Gasteiger partial charge in [0.05, 0.1) is 31.2 Å². The van der Waals surface area contributed by atoms with Gasteiger partial charge in [0.2, 0.25) is 5.88 Å². The van der Waals surface area contributed by atoms with E-state index in [0.29, 0.717) is 6.04 Å². The highest BCUT2D eigenvalue weighted by atomic mass is 16.5. The summed E-state index contributed by atoms with van der Waals surface area (Å²) in [6, 6.07) is 2.41. The smallest absolute Gasteiger partial charge is 0.216 e. The number of fused-ring (bicyclic) bond motifs is 1. The van der Waals surface area contributed by atoms with Crippen LogP contribution in [0.5, 0.6) is 0 Å². The first-order valence-corrected chi connectivity index (χ1v) is 5.80. The van der Waals surface area contributed by atoms with Crippen LogP contribution in [0.15, 0.2) is 16.7 Å². The van der Waals surface area contributed by atoms with Gasteiger partial charge in [-0.05, 0) is 0 Å². The highest BCUT2D eigenvalue weighted by Gasteiger charge is 2.22. The van der Waals surface area contributed by atoms with Gasteiger partial charge in [-0.2, -0.15) is 0 Å². The Hall–Kier alpha value is -1.20. The van der Waals surface area contributed by atoms with Gasteiger partial charge in [0, 0.05) is 32.2 Å². The van der Waals surface area contributed by atoms with Crippen molar-refractivity contribution >= 4 is 11.6 Å². The molecule has 0 radical (unpaired) electrons. The highest BCUT2D eigenvalue weighted by Crippen LogP contribution is 2.26. The average molecular weight is 223 g/mol. The SMILES string of the molecule is c1cc2c(o1)NCC(CN1CCOCC1)N2. The fraction of sp³-hybridized carbons (Fsp3) is 0.636. The summed E-state index contributed by atoms with van der Waals surface area (Å²) in [7, 11) is 0. The van der Waals surface area contributed by atoms with Crippen molar-refractivity contribution in [2.45, 2.75) is 6.04 Å². The topological polar surface area (TPSA) is 49.7 Å². The minimum atomic E-state index is 0.447. The molecule has 1 unspecified atom stereocenters. The van der Waals surface area contributed by atoms with Crippen molar-refractivity contribution in [2.75, 3.05) is 50.0 Å². The molecule has 2 N–H and O–H groups in total. The number of hydrogen-bond acceptors (Lipinski definition) is 5. The third kappa shape index (κ3) is 2.01. The molecule has 3 rings (SSSR count). The molecule has 0 aromatic carbocycles. The van der Waals surface area contributed by atoms with Crippen LogP contribution in [-0.2, 0) is 4.74 Å². The Morgan fingerprint density at radius 2 is 2.25 bits per heavy atom. The molecule has 1 saturated heterocycles. The fourth-order valence-electron chi connectivity index (χ4n) is 2.25. The predicted molar refractivity (Wildman–Crippen MR) is 61.9 cm³/mol. The second kappa shape index (κ2) is 4.35. The minimum absolute atomic E-state index is 0.447. The molecule has 2 aliphatic heterocycles. The third-order valence-electron chi connectivity index (χ3n) is 3.12. The van der Waals surface area contributed by atoms with Gasteiger partial charge in [0.15, 0.2) is 0 Å². The van der Waals surface area contributed by atoms with E-state index in [4.69, 9.17) is 9.15 Å². The lowest BCUT2D eigenvalue weighted by Gasteiger charge is -2.33. The van der Waals surface area contributed by atoms with Crippen molar-refractivity contribution in [3.05, 3.63) is 12.3 Å². The maximum absolute atomic E-state index is 5.34. The number of furan rings is 1. The van der Waals surface area contributed by atoms with E-state index in [-0.39, 0.29) is 0 Å². The maximum atomic E-state index is 5.34. The second-order valence-corrected chi connectivity index (χ2v) is 4.30. The van der Waals surface area contributed by atoms with Crippen LogP contribution in [0.1, 0.15) is 0 Å². The van der Waals surface area contributed by atoms with Gasteiger partial charge in [-0.15, -0.1) is 0 Å². The van der Waals surface area contributed by atoms with E-state index in [9.17, 15) is 0 Å². The van der Waals surface area contributed by atoms with E-state index in [2.05, 4.69) is 15.5 Å². The van der Waals surface area contributed by atoms with Gasteiger partial charge in [0.25, 0.3) is 0 Å². The van der Waals surface area contributed by atoms with Gasteiger partial charge in [-0.1, -0.05) is 0 Å². The number of rotatable bonds is 2. The van der Waals surface area contributed by atoms with Crippen molar-refractivity contribution in [3.8, 4) is 0 Å². The first-order valence-electron chi connectivity index (χ1n) is 5.80. The van der Waals surface area contributed by atoms with E-state index in [0.717, 1.165) is 51.0 Å². The molecule has 1 fully saturated rings. The van der Waals surface area contributed by atoms with Crippen LogP contribution in [0.2, 0.25) is 0 Å². The summed E-state index contributed by atoms with van der Waals surface area (Å²) in [6.45, 7) is 5.76. The number of morpholine rings is 1. The normalized spacial score (nSPS) is 25.6. The average Bonchev–Trinajstić information content (AvgIpc) is 2.77. The summed E-state index contributed by atoms with van der Waals surface area (Å²) in [6.07, 6.45) is 1.71. The van der Waals surface area contributed by atoms with Crippen molar-refractivity contribution in [3.63, 3.8) is 0 Å². The standard InChI is InChI=1S/C11H17N3O2/c1-4-16-11-10(1)13-9(7-12-11)8-14-2-5-15-6-3-14/h1,4,9,12-13H,2-3,5-8H2. The molecular weight excluding hydrogens is 206 g/mol. The van der Waals surface area contributed by atoms with Crippen molar-refractivity contribution in [2.24, 2.45) is 0 Å². The number of nitrogens with zero attached hydrogens (tertiary/aromatic N) is 1. The molecule has 3 heterocycles. The Morgan fingerprint density at radius 1 is 1.38 bits per heavy atom. The van der Waals surface area contributed by atoms with E-state index in [1.165, 1.54) is 0 Å². The van der Waals surface area contributed by atoms with E-state index in [1.54, 1.807) is 6.26 Å². The molecule has 16 heavy (non-hydrogen) atoms. The predicted octanol–water partition coefficient (Wildman–Crippen LogP) is 0.818. The zero-order valence-corrected chi connectivity index (χ0v) is 9.24. The Bertz CT molecular complexity index is 347. The van der Waals surface area contributed by atoms with Gasteiger partial charge in [0.1, 0.15) is 0 Å². The summed E-state index contributed by atoms with van der Waals surface area (Å²) >= 11 is 0. The van der Waals surface area contributed by atoms with Gasteiger partial charge in [-0.25, -0.2) is 0 Å². The Labute approximate surface area is 94.7 Å². The molecule has 0 bridgehead atoms. The van der Waals surface area contributed by atoms with Crippen LogP contribution in [0.25, 0.3) is 0 Å². The molecule has 2 aliphatic rings. The number of nitrogens with one attached hydrogen (secondary N) is 2. The fourth-order valence-corrected chi connectivity index (χ4v) is 2.25. The zero-order chi connectivity index (χ0) is 10.8. The van der Waals surface area contributed by atoms with E-state index >= 15 is 0 Å². The number of anilines is 2. The second-order valence-electron chi connectivity index (χ2n) is 4.30. The molecule has 5 heteroatoms. The van der Waals surface area contributed by atoms with Gasteiger partial charge < -0.3 is 19.8 Å². The zero-order valence-electron chi connectivity index (χ0n) is 9.24. The first-order chi connectivity index (χ1) is 7.92. The molecule has 1 aromatic heterocycles. The van der Waals surface area contributed by atoms with Crippen molar-refractivity contribution in [1.82, 2.24) is 4.90 Å². The Balaban J connectivity index is 1.57. The lowest BCUT2D eigenvalue weighted by atomic mass is 10.2. The van der Waals surface area contributed by atoms with Crippen LogP contribution in [0.3, 0.4) is 0 Å². The first kappa shape index (κ1) is 9.99. The minimum Gasteiger partial charge on any atom is -0.447 e. The molecule has 88 valence electrons. The molecule has 0 amide bonds. The third-order valence-corrected chi connectivity index (χ3v) is 3.12. The molecule has 0 spiro atoms. The summed E-state index contributed by atoms with van der Waals surface area (Å²) in [4.78, 5) is 2.44. The lowest BCUT2D eigenvalue weighted by molar-refractivity contribution is 0.0365. The van der Waals surface area contributed by atoms with Crippen LogP contribution >= 0.6 is 0 Å². The summed E-state index contributed by atoms with van der Waals surface area (Å²) in [5, 5.41) is 6.78. The number of hydrogen-bond donors (Lipinski definition) is 2. The Kier molecular flexibility index (Phi) is 2.71. The monoisotopic (exact) mass is 223 g/mol. The maximum Gasteiger partial charge on any atom is 0.216 e. The summed E-state index contributed by atoms with van der Waals surface area (Å²) < 4.78 is 10.6. The lowest BCUT2D eigenvalue weighted by Crippen LogP contribution is -2.46. The molecule has 0 aliphatic carbocycles. The quantitative estimate of drug-likeness (QED) is 0.777. The molecule has 1 aromatic rings. The molecular formula is C11H17N3O2. The van der Waals surface area contributed by atoms with Gasteiger partial charge >= 0.3 is 0 Å². The van der Waals surface area contributed by atoms with E-state index < -0.39 is 0 Å². The van der Waals surface area contributed by atoms with Crippen LogP contribution < -0.4 is 10.6 Å². The molecule has 5 nitrogen and oxygen atoms in total. The van der Waals surface area contributed by atoms with Crippen LogP contribution in [0.4, 0.5) is 11.6 Å².